The van der Waals surface area contributed by atoms with Crippen molar-refractivity contribution in [2.75, 3.05) is 79.3 Å². The Balaban J connectivity index is 2.19. The molecule has 0 aliphatic carbocycles. The fourth-order valence-corrected chi connectivity index (χ4v) is 9.78. The van der Waals surface area contributed by atoms with Gasteiger partial charge in [-0.15, -0.1) is 0 Å². The summed E-state index contributed by atoms with van der Waals surface area (Å²) in [5.41, 5.74) is -8.99. The molecule has 4 rings (SSSR count). The van der Waals surface area contributed by atoms with E-state index < -0.39 is 198 Å². The summed E-state index contributed by atoms with van der Waals surface area (Å²) in [4.78, 5) is 174. The first-order chi connectivity index (χ1) is 53.9. The van der Waals surface area contributed by atoms with Gasteiger partial charge in [-0.3, -0.25) is 0 Å². The third kappa shape index (κ3) is 32.3. The molecule has 0 saturated heterocycles. The lowest BCUT2D eigenvalue weighted by atomic mass is 9.91. The average Bonchev–Trinajstić information content (AvgIpc) is 0.794. The number of esters is 12. The Bertz CT molecular complexity index is 3310. The summed E-state index contributed by atoms with van der Waals surface area (Å²) < 4.78 is 113. The van der Waals surface area contributed by atoms with Crippen molar-refractivity contribution in [1.82, 2.24) is 0 Å². The second-order valence-electron chi connectivity index (χ2n) is 25.6. The van der Waals surface area contributed by atoms with E-state index in [1.54, 1.807) is 27.7 Å². The molecule has 32 heteroatoms. The average molecular weight is 1590 g/mol. The summed E-state index contributed by atoms with van der Waals surface area (Å²) in [5, 5.41) is 0. The van der Waals surface area contributed by atoms with Crippen LogP contribution < -0.4 is 0 Å². The molecule has 0 radical (unpaired) electrons. The standard InChI is InChI=1S/C81H108O32/c1-17-33-94-49(9)106-69(82)57-25-29-61(77(90)110-53(13)98-37-21-5)65(41-57)73(86)102-45-81(46-103-74(87)66-42-58(70(83)107-50(10)95-34-18-2)26-30-62(66)78(91)111-54(14)99-38-22-6,47-104-75(88)67-43-59(71(84)108-51(11)96-35-19-3)27-31-63(67)79(92)112-55(15)100-39-23-7)48-105-76(89)68-44-60(72(85)109-52(12)97-36-20-4)28-32-64(68)80(93)113-56(16)101-40-24-8/h25-32,41-44,49-56H,17-24,33-40,45-48H2,1-16H3. The molecule has 0 fully saturated rings. The lowest BCUT2D eigenvalue weighted by Crippen LogP contribution is -2.44. The molecule has 0 bridgehead atoms. The molecule has 8 atom stereocenters. The van der Waals surface area contributed by atoms with Gasteiger partial charge in [0.25, 0.3) is 0 Å². The van der Waals surface area contributed by atoms with Crippen molar-refractivity contribution in [3.63, 3.8) is 0 Å². The van der Waals surface area contributed by atoms with Crippen LogP contribution in [0, 0.1) is 5.41 Å². The maximum atomic E-state index is 15.3. The molecule has 32 nitrogen and oxygen atoms in total. The summed E-state index contributed by atoms with van der Waals surface area (Å²) in [6.45, 7) is 21.9. The molecule has 0 N–H and O–H groups in total. The zero-order valence-corrected chi connectivity index (χ0v) is 67.3. The third-order valence-corrected chi connectivity index (χ3v) is 15.5. The van der Waals surface area contributed by atoms with Gasteiger partial charge in [0.15, 0.2) is 50.3 Å². The zero-order chi connectivity index (χ0) is 83.7. The smallest absolute Gasteiger partial charge is 0.341 e. The number of rotatable bonds is 52. The van der Waals surface area contributed by atoms with E-state index in [1.807, 2.05) is 27.7 Å². The fraction of sp³-hybridized carbons (Fsp3) is 0.556. The number of hydrogen-bond acceptors (Lipinski definition) is 32. The van der Waals surface area contributed by atoms with Crippen LogP contribution in [0.4, 0.5) is 0 Å². The third-order valence-electron chi connectivity index (χ3n) is 15.5. The van der Waals surface area contributed by atoms with E-state index in [0.29, 0.717) is 51.4 Å². The van der Waals surface area contributed by atoms with Crippen LogP contribution >= 0.6 is 0 Å². The largest absolute Gasteiger partial charge is 0.461 e. The van der Waals surface area contributed by atoms with Crippen molar-refractivity contribution < 1.29 is 152 Å². The first kappa shape index (κ1) is 95.6. The van der Waals surface area contributed by atoms with E-state index in [9.17, 15) is 38.4 Å². The fourth-order valence-electron chi connectivity index (χ4n) is 9.78. The highest BCUT2D eigenvalue weighted by atomic mass is 16.7. The van der Waals surface area contributed by atoms with Crippen molar-refractivity contribution in [3.8, 4) is 0 Å². The second-order valence-corrected chi connectivity index (χ2v) is 25.6. The summed E-state index contributed by atoms with van der Waals surface area (Å²) in [6, 6.07) is 12.4. The monoisotopic (exact) mass is 1590 g/mol. The lowest BCUT2D eigenvalue weighted by Gasteiger charge is -2.32. The molecule has 0 spiro atoms. The van der Waals surface area contributed by atoms with Crippen LogP contribution in [-0.2, 0) is 94.7 Å². The van der Waals surface area contributed by atoms with Gasteiger partial charge in [0.05, 0.1) is 120 Å². The highest BCUT2D eigenvalue weighted by molar-refractivity contribution is 6.08. The molecule has 0 aliphatic rings. The van der Waals surface area contributed by atoms with Crippen molar-refractivity contribution in [1.29, 1.82) is 0 Å². The van der Waals surface area contributed by atoms with Gasteiger partial charge >= 0.3 is 71.6 Å². The van der Waals surface area contributed by atoms with Crippen molar-refractivity contribution in [2.45, 2.75) is 212 Å². The first-order valence-electron chi connectivity index (χ1n) is 37.8. The Kier molecular flexibility index (Phi) is 42.6. The number of ether oxygens (including phenoxy) is 20. The molecule has 4 aromatic carbocycles. The molecule has 0 saturated carbocycles. The SMILES string of the molecule is CCCOC(C)OC(=O)c1ccc(C(=O)OC(C)OCCC)c(C(=O)OCC(COC(=O)c2cc(C(=O)OC(C)OCCC)ccc2C(=O)OC(C)OCCC)(COC(=O)c2cc(C(=O)OC(C)OCCC)ccc2C(=O)OC(C)OCCC)COC(=O)c2cc(C(=O)OC(C)OCCC)ccc2C(=O)OC(C)OCCC)c1. The van der Waals surface area contributed by atoms with Crippen LogP contribution in [0.25, 0.3) is 0 Å². The minimum absolute atomic E-state index is 0.132. The Morgan fingerprint density at radius 1 is 0.221 bits per heavy atom. The van der Waals surface area contributed by atoms with E-state index in [1.165, 1.54) is 55.4 Å². The zero-order valence-electron chi connectivity index (χ0n) is 67.3. The summed E-state index contributed by atoms with van der Waals surface area (Å²) in [5.74, 6) is -15.0. The second kappa shape index (κ2) is 50.3. The van der Waals surface area contributed by atoms with Gasteiger partial charge in [0, 0.05) is 0 Å². The topological polar surface area (TPSA) is 389 Å². The predicted molar refractivity (Wildman–Crippen MR) is 398 cm³/mol. The molecule has 0 aromatic heterocycles. The molecule has 0 aliphatic heterocycles. The van der Waals surface area contributed by atoms with Gasteiger partial charge in [0.2, 0.25) is 0 Å². The van der Waals surface area contributed by atoms with Crippen LogP contribution in [-0.4, -0.2) is 201 Å². The van der Waals surface area contributed by atoms with Gasteiger partial charge in [0.1, 0.15) is 31.8 Å². The molecule has 0 heterocycles. The molecule has 624 valence electrons. The van der Waals surface area contributed by atoms with E-state index in [4.69, 9.17) is 94.7 Å². The lowest BCUT2D eigenvalue weighted by molar-refractivity contribution is -0.0988. The molecule has 113 heavy (non-hydrogen) atoms. The predicted octanol–water partition coefficient (Wildman–Crippen LogP) is 12.8. The highest BCUT2D eigenvalue weighted by Gasteiger charge is 2.41. The minimum atomic E-state index is -2.61. The Morgan fingerprint density at radius 3 is 0.522 bits per heavy atom. The number of benzene rings is 4. The Labute approximate surface area is 658 Å². The van der Waals surface area contributed by atoms with Gasteiger partial charge in [-0.1, -0.05) is 55.4 Å². The van der Waals surface area contributed by atoms with E-state index in [2.05, 4.69) is 0 Å². The minimum Gasteiger partial charge on any atom is -0.461 e. The summed E-state index contributed by atoms with van der Waals surface area (Å²) >= 11 is 0. The number of carbonyl (C=O) groups is 12. The van der Waals surface area contributed by atoms with Crippen LogP contribution in [0.2, 0.25) is 0 Å². The summed E-state index contributed by atoms with van der Waals surface area (Å²) in [6.07, 6.45) is -5.23. The molecular formula is C81H108O32. The van der Waals surface area contributed by atoms with Gasteiger partial charge in [-0.25, -0.2) is 57.5 Å². The maximum absolute atomic E-state index is 15.3. The van der Waals surface area contributed by atoms with Gasteiger partial charge in [-0.05, 0) is 180 Å². The van der Waals surface area contributed by atoms with Crippen molar-refractivity contribution in [2.24, 2.45) is 5.41 Å². The van der Waals surface area contributed by atoms with Crippen LogP contribution in [0.15, 0.2) is 72.8 Å². The Morgan fingerprint density at radius 2 is 0.372 bits per heavy atom. The number of hydrogen-bond donors (Lipinski definition) is 0. The van der Waals surface area contributed by atoms with Crippen molar-refractivity contribution in [3.05, 3.63) is 140 Å². The van der Waals surface area contributed by atoms with Crippen LogP contribution in [0.5, 0.6) is 0 Å². The molecule has 4 aromatic rings. The molecule has 0 amide bonds. The van der Waals surface area contributed by atoms with E-state index >= 15 is 19.2 Å². The normalized spacial score (nSPS) is 13.8. The summed E-state index contributed by atoms with van der Waals surface area (Å²) in [7, 11) is 0. The molecular weight excluding hydrogens is 1480 g/mol. The van der Waals surface area contributed by atoms with Gasteiger partial charge in [-0.2, -0.15) is 0 Å². The van der Waals surface area contributed by atoms with E-state index in [-0.39, 0.29) is 75.1 Å². The highest BCUT2D eigenvalue weighted by Crippen LogP contribution is 2.30. The quantitative estimate of drug-likeness (QED) is 0.0225. The van der Waals surface area contributed by atoms with Crippen LogP contribution in [0.3, 0.4) is 0 Å². The molecule has 8 unspecified atom stereocenters. The maximum Gasteiger partial charge on any atom is 0.341 e. The number of carbonyl (C=O) groups excluding carboxylic acids is 12. The Hall–Kier alpha value is -9.80. The van der Waals surface area contributed by atoms with E-state index in [0.717, 1.165) is 72.8 Å². The van der Waals surface area contributed by atoms with Crippen molar-refractivity contribution >= 4 is 71.6 Å². The first-order valence-corrected chi connectivity index (χ1v) is 37.8. The van der Waals surface area contributed by atoms with Crippen LogP contribution in [0.1, 0.15) is 286 Å². The van der Waals surface area contributed by atoms with Gasteiger partial charge < -0.3 is 94.7 Å².